The van der Waals surface area contributed by atoms with Gasteiger partial charge in [0.05, 0.1) is 0 Å². The van der Waals surface area contributed by atoms with Crippen molar-refractivity contribution >= 4 is 17.9 Å². The van der Waals surface area contributed by atoms with Gasteiger partial charge >= 0.3 is 17.9 Å². The highest BCUT2D eigenvalue weighted by Crippen LogP contribution is 2.17. The van der Waals surface area contributed by atoms with Crippen LogP contribution in [0.15, 0.2) is 85.1 Å². The molecule has 82 heavy (non-hydrogen) atoms. The smallest absolute Gasteiger partial charge is 0.306 e. The molecule has 474 valence electrons. The summed E-state index contributed by atoms with van der Waals surface area (Å²) in [6.45, 7) is 6.55. The van der Waals surface area contributed by atoms with Crippen molar-refractivity contribution in [3.63, 3.8) is 0 Å². The summed E-state index contributed by atoms with van der Waals surface area (Å²) in [7, 11) is 0. The zero-order valence-corrected chi connectivity index (χ0v) is 54.5. The summed E-state index contributed by atoms with van der Waals surface area (Å²) in [4.78, 5) is 38.4. The second kappa shape index (κ2) is 70.1. The van der Waals surface area contributed by atoms with Gasteiger partial charge in [-0.3, -0.25) is 14.4 Å². The van der Waals surface area contributed by atoms with Crippen LogP contribution in [-0.4, -0.2) is 37.2 Å². The van der Waals surface area contributed by atoms with Crippen molar-refractivity contribution in [1.29, 1.82) is 0 Å². The molecule has 0 aliphatic rings. The Bertz CT molecular complexity index is 1550. The fraction of sp³-hybridized carbons (Fsp3) is 0.776. The normalized spacial score (nSPS) is 12.6. The summed E-state index contributed by atoms with van der Waals surface area (Å²) < 4.78 is 17.0. The summed E-state index contributed by atoms with van der Waals surface area (Å²) in [5.41, 5.74) is 0. The van der Waals surface area contributed by atoms with E-state index in [2.05, 4.69) is 106 Å². The first-order chi connectivity index (χ1) is 40.5. The van der Waals surface area contributed by atoms with Gasteiger partial charge in [-0.1, -0.05) is 311 Å². The Morgan fingerprint density at radius 3 is 0.756 bits per heavy atom. The minimum atomic E-state index is -0.781. The van der Waals surface area contributed by atoms with E-state index in [4.69, 9.17) is 14.2 Å². The summed E-state index contributed by atoms with van der Waals surface area (Å²) >= 11 is 0. The Labute approximate surface area is 509 Å². The van der Waals surface area contributed by atoms with Gasteiger partial charge in [-0.05, 0) is 116 Å². The van der Waals surface area contributed by atoms with Crippen molar-refractivity contribution in [2.24, 2.45) is 0 Å². The van der Waals surface area contributed by atoms with Crippen molar-refractivity contribution in [1.82, 2.24) is 0 Å². The lowest BCUT2D eigenvalue weighted by Gasteiger charge is -2.18. The monoisotopic (exact) mass is 1140 g/mol. The number of rotatable bonds is 65. The van der Waals surface area contributed by atoms with Crippen LogP contribution in [0.5, 0.6) is 0 Å². The van der Waals surface area contributed by atoms with Crippen LogP contribution in [0.2, 0.25) is 0 Å². The van der Waals surface area contributed by atoms with E-state index < -0.39 is 6.10 Å². The van der Waals surface area contributed by atoms with Gasteiger partial charge in [0.25, 0.3) is 0 Å². The topological polar surface area (TPSA) is 78.9 Å². The molecule has 0 bridgehead atoms. The number of hydrogen-bond acceptors (Lipinski definition) is 6. The minimum absolute atomic E-state index is 0.0765. The lowest BCUT2D eigenvalue weighted by Crippen LogP contribution is -2.30. The maximum Gasteiger partial charge on any atom is 0.306 e. The number of allylic oxidation sites excluding steroid dienone is 14. The lowest BCUT2D eigenvalue weighted by molar-refractivity contribution is -0.167. The molecule has 0 saturated carbocycles. The lowest BCUT2D eigenvalue weighted by atomic mass is 10.0. The molecule has 0 aliphatic heterocycles. The van der Waals surface area contributed by atoms with Gasteiger partial charge in [0.1, 0.15) is 13.2 Å². The maximum atomic E-state index is 12.9. The molecule has 0 amide bonds. The quantitative estimate of drug-likeness (QED) is 0.0261. The molecule has 6 nitrogen and oxygen atoms in total. The maximum absolute atomic E-state index is 12.9. The molecule has 0 N–H and O–H groups in total. The van der Waals surface area contributed by atoms with Crippen LogP contribution < -0.4 is 0 Å². The third-order valence-corrected chi connectivity index (χ3v) is 15.6. The summed E-state index contributed by atoms with van der Waals surface area (Å²) in [6, 6.07) is 0. The third kappa shape index (κ3) is 67.4. The first-order valence-electron chi connectivity index (χ1n) is 35.6. The number of ether oxygens (including phenoxy) is 3. The SMILES string of the molecule is CC/C=C\C/C=C\C/C=C\C/C=C\C/C=C\CCCCCCCCCCCCCCCCCCCC(=O)OCC(COC(=O)CCCCCCC/C=C\CCCCCCC)OC(=O)CCCCCCCCC/C=C\CCCCCCCC. The first kappa shape index (κ1) is 78.6. The molecule has 0 aromatic rings. The van der Waals surface area contributed by atoms with Crippen LogP contribution in [0.1, 0.15) is 361 Å². The molecule has 0 saturated heterocycles. The molecule has 0 heterocycles. The fourth-order valence-electron chi connectivity index (χ4n) is 10.3. The van der Waals surface area contributed by atoms with Crippen LogP contribution in [-0.2, 0) is 28.6 Å². The zero-order valence-electron chi connectivity index (χ0n) is 54.5. The van der Waals surface area contributed by atoms with E-state index in [9.17, 15) is 14.4 Å². The number of esters is 3. The highest BCUT2D eigenvalue weighted by Gasteiger charge is 2.19. The van der Waals surface area contributed by atoms with Crippen LogP contribution in [0, 0.1) is 0 Å². The number of hydrogen-bond donors (Lipinski definition) is 0. The predicted octanol–water partition coefficient (Wildman–Crippen LogP) is 24.6. The Morgan fingerprint density at radius 1 is 0.256 bits per heavy atom. The molecule has 1 atom stereocenters. The zero-order chi connectivity index (χ0) is 59.2. The molecule has 0 spiro atoms. The third-order valence-electron chi connectivity index (χ3n) is 15.6. The molecule has 0 rings (SSSR count). The predicted molar refractivity (Wildman–Crippen MR) is 358 cm³/mol. The standard InChI is InChI=1S/C76H134O6/c1-4-7-10-13-16-19-22-25-28-30-31-32-33-34-35-36-37-38-39-40-41-42-43-44-45-47-48-51-54-57-60-63-66-69-75(78)81-72-73(71-80-74(77)68-65-62-59-56-53-50-27-24-21-18-15-12-9-6-3)82-76(79)70-67-64-61-58-55-52-49-46-29-26-23-20-17-14-11-8-5-2/h7,10,16,19,24-29,31-32,34-35,73H,4-6,8-9,11-15,17-18,20-23,30,33,36-72H2,1-3H3/b10-7-,19-16-,27-24-,28-25-,29-26-,32-31-,35-34-. The van der Waals surface area contributed by atoms with E-state index in [1.165, 1.54) is 225 Å². The second-order valence-electron chi connectivity index (χ2n) is 23.8. The Morgan fingerprint density at radius 2 is 0.476 bits per heavy atom. The van der Waals surface area contributed by atoms with Gasteiger partial charge in [0, 0.05) is 19.3 Å². The molecular weight excluding hydrogens is 1010 g/mol. The highest BCUT2D eigenvalue weighted by atomic mass is 16.6. The van der Waals surface area contributed by atoms with Gasteiger partial charge in [-0.25, -0.2) is 0 Å². The average Bonchev–Trinajstić information content (AvgIpc) is 3.47. The molecule has 0 radical (unpaired) electrons. The summed E-state index contributed by atoms with van der Waals surface area (Å²) in [5, 5.41) is 0. The second-order valence-corrected chi connectivity index (χ2v) is 23.8. The fourth-order valence-corrected chi connectivity index (χ4v) is 10.3. The molecular formula is C76H134O6. The van der Waals surface area contributed by atoms with Crippen LogP contribution in [0.25, 0.3) is 0 Å². The van der Waals surface area contributed by atoms with Crippen molar-refractivity contribution in [2.75, 3.05) is 13.2 Å². The van der Waals surface area contributed by atoms with Crippen LogP contribution in [0.3, 0.4) is 0 Å². The molecule has 0 aromatic heterocycles. The van der Waals surface area contributed by atoms with E-state index in [-0.39, 0.29) is 31.1 Å². The van der Waals surface area contributed by atoms with Gasteiger partial charge in [-0.2, -0.15) is 0 Å². The molecule has 1 unspecified atom stereocenters. The average molecular weight is 1140 g/mol. The van der Waals surface area contributed by atoms with Crippen LogP contribution in [0.4, 0.5) is 0 Å². The van der Waals surface area contributed by atoms with E-state index in [0.717, 1.165) is 96.3 Å². The van der Waals surface area contributed by atoms with Crippen molar-refractivity contribution in [3.8, 4) is 0 Å². The Balaban J connectivity index is 4.18. The van der Waals surface area contributed by atoms with Crippen molar-refractivity contribution in [2.45, 2.75) is 367 Å². The van der Waals surface area contributed by atoms with Crippen molar-refractivity contribution in [3.05, 3.63) is 85.1 Å². The molecule has 0 aliphatic carbocycles. The van der Waals surface area contributed by atoms with E-state index in [1.54, 1.807) is 0 Å². The van der Waals surface area contributed by atoms with E-state index in [0.29, 0.717) is 19.3 Å². The number of carbonyl (C=O) groups is 3. The largest absolute Gasteiger partial charge is 0.462 e. The minimum Gasteiger partial charge on any atom is -0.462 e. The molecule has 6 heteroatoms. The van der Waals surface area contributed by atoms with Gasteiger partial charge in [-0.15, -0.1) is 0 Å². The van der Waals surface area contributed by atoms with E-state index in [1.807, 2.05) is 0 Å². The highest BCUT2D eigenvalue weighted by molar-refractivity contribution is 5.71. The Hall–Kier alpha value is -3.41. The number of carbonyl (C=O) groups excluding carboxylic acids is 3. The Kier molecular flexibility index (Phi) is 67.2. The van der Waals surface area contributed by atoms with Gasteiger partial charge < -0.3 is 14.2 Å². The van der Waals surface area contributed by atoms with Crippen LogP contribution >= 0.6 is 0 Å². The van der Waals surface area contributed by atoms with Crippen molar-refractivity contribution < 1.29 is 28.6 Å². The van der Waals surface area contributed by atoms with E-state index >= 15 is 0 Å². The van der Waals surface area contributed by atoms with Gasteiger partial charge in [0.2, 0.25) is 0 Å². The number of unbranched alkanes of at least 4 members (excludes halogenated alkanes) is 40. The molecule has 0 aromatic carbocycles. The molecule has 0 fully saturated rings. The first-order valence-corrected chi connectivity index (χ1v) is 35.6. The van der Waals surface area contributed by atoms with Gasteiger partial charge in [0.15, 0.2) is 6.10 Å². The summed E-state index contributed by atoms with van der Waals surface area (Å²) in [5.74, 6) is -0.870. The summed E-state index contributed by atoms with van der Waals surface area (Å²) in [6.07, 6.45) is 93.3.